The van der Waals surface area contributed by atoms with Crippen molar-refractivity contribution in [2.45, 2.75) is 0 Å². The fraction of sp³-hybridized carbons (Fsp3) is 0. The predicted molar refractivity (Wildman–Crippen MR) is 213 cm³/mol. The van der Waals surface area contributed by atoms with Crippen molar-refractivity contribution in [3.05, 3.63) is 95.5 Å². The monoisotopic (exact) mass is 1040 g/mol. The molecule has 0 aliphatic carbocycles. The summed E-state index contributed by atoms with van der Waals surface area (Å²) < 4.78 is 6.67. The van der Waals surface area contributed by atoms with Gasteiger partial charge in [-0.1, -0.05) is 0 Å². The highest BCUT2D eigenvalue weighted by Crippen LogP contribution is 2.60. The van der Waals surface area contributed by atoms with Gasteiger partial charge in [0.2, 0.25) is 0 Å². The Morgan fingerprint density at radius 1 is 0.238 bits per heavy atom. The third-order valence-corrected chi connectivity index (χ3v) is 16.3. The second kappa shape index (κ2) is 12.8. The van der Waals surface area contributed by atoms with Gasteiger partial charge in [-0.3, -0.25) is 0 Å². The molecule has 0 radical (unpaired) electrons. The smallest absolute Gasteiger partial charge is 0.0705 e. The molecule has 0 fully saturated rings. The van der Waals surface area contributed by atoms with Crippen LogP contribution >= 0.6 is 164 Å². The van der Waals surface area contributed by atoms with Crippen LogP contribution in [0.3, 0.4) is 0 Å². The summed E-state index contributed by atoms with van der Waals surface area (Å²) in [6.07, 6.45) is 0. The third kappa shape index (κ3) is 5.95. The van der Waals surface area contributed by atoms with E-state index in [9.17, 15) is 0 Å². The molecule has 0 unspecified atom stereocenters. The zero-order valence-electron chi connectivity index (χ0n) is 20.6. The minimum Gasteiger partial charge on any atom is -0.128 e. The molecule has 0 saturated heterocycles. The Balaban J connectivity index is 1.80. The van der Waals surface area contributed by atoms with E-state index in [2.05, 4.69) is 168 Å². The lowest BCUT2D eigenvalue weighted by atomic mass is 9.82. The highest BCUT2D eigenvalue weighted by Gasteiger charge is 2.32. The molecule has 0 aliphatic heterocycles. The Bertz CT molecular complexity index is 1680. The van der Waals surface area contributed by atoms with Crippen molar-refractivity contribution in [3.63, 3.8) is 0 Å². The number of benzene rings is 1. The Morgan fingerprint density at radius 2 is 0.381 bits per heavy atom. The zero-order valence-corrected chi connectivity index (χ0v) is 35.1. The van der Waals surface area contributed by atoms with Gasteiger partial charge in [-0.05, 0) is 168 Å². The molecule has 7 aromatic rings. The van der Waals surface area contributed by atoms with E-state index in [-0.39, 0.29) is 0 Å². The molecular formula is C30H12Br6S6. The highest BCUT2D eigenvalue weighted by atomic mass is 79.9. The molecule has 210 valence electrons. The summed E-state index contributed by atoms with van der Waals surface area (Å²) in [6, 6.07) is 26.5. The van der Waals surface area contributed by atoms with Crippen molar-refractivity contribution in [1.82, 2.24) is 0 Å². The summed E-state index contributed by atoms with van der Waals surface area (Å²) >= 11 is 33.4. The first-order valence-corrected chi connectivity index (χ1v) is 21.7. The number of rotatable bonds is 6. The standard InChI is InChI=1S/C30H12Br6S6/c31-19-7-1-13(37-19)25-26(14-2-8-20(32)38-14)28(16-4-10-22(34)40-16)30(18-6-12-24(36)42-18)29(17-5-11-23(35)41-17)27(25)15-3-9-21(33)39-15/h1-12H. The molecule has 0 nitrogen and oxygen atoms in total. The normalized spacial score (nSPS) is 11.6. The minimum absolute atomic E-state index is 1.11. The van der Waals surface area contributed by atoms with E-state index in [1.807, 2.05) is 0 Å². The molecule has 12 heteroatoms. The maximum atomic E-state index is 3.78. The first-order valence-electron chi connectivity index (χ1n) is 12.0. The first kappa shape index (κ1) is 30.9. The van der Waals surface area contributed by atoms with Gasteiger partial charge in [0.15, 0.2) is 0 Å². The van der Waals surface area contributed by atoms with Gasteiger partial charge >= 0.3 is 0 Å². The average molecular weight is 1040 g/mol. The Hall–Kier alpha value is 0.300. The molecule has 6 aromatic heterocycles. The van der Waals surface area contributed by atoms with E-state index < -0.39 is 0 Å². The first-order chi connectivity index (χ1) is 20.3. The molecule has 0 aliphatic rings. The van der Waals surface area contributed by atoms with Crippen LogP contribution in [0.25, 0.3) is 62.6 Å². The summed E-state index contributed by atoms with van der Waals surface area (Å²) in [5.74, 6) is 0. The molecular weight excluding hydrogens is 1030 g/mol. The maximum Gasteiger partial charge on any atom is 0.0705 e. The number of hydrogen-bond donors (Lipinski definition) is 0. The van der Waals surface area contributed by atoms with Crippen LogP contribution in [-0.4, -0.2) is 0 Å². The molecule has 0 atom stereocenters. The van der Waals surface area contributed by atoms with Gasteiger partial charge in [-0.25, -0.2) is 0 Å². The van der Waals surface area contributed by atoms with Gasteiger partial charge in [-0.15, -0.1) is 68.0 Å². The maximum absolute atomic E-state index is 3.78. The van der Waals surface area contributed by atoms with Crippen LogP contribution in [0.15, 0.2) is 95.5 Å². The van der Waals surface area contributed by atoms with E-state index in [1.165, 1.54) is 62.6 Å². The minimum atomic E-state index is 1.11. The van der Waals surface area contributed by atoms with E-state index >= 15 is 0 Å². The Labute approximate surface area is 317 Å². The van der Waals surface area contributed by atoms with Crippen molar-refractivity contribution in [3.8, 4) is 62.6 Å². The van der Waals surface area contributed by atoms with E-state index in [0.29, 0.717) is 0 Å². The van der Waals surface area contributed by atoms with Crippen molar-refractivity contribution in [2.24, 2.45) is 0 Å². The van der Waals surface area contributed by atoms with Crippen LogP contribution in [0.5, 0.6) is 0 Å². The van der Waals surface area contributed by atoms with Gasteiger partial charge in [0, 0.05) is 62.6 Å². The lowest BCUT2D eigenvalue weighted by Crippen LogP contribution is -1.98. The second-order valence-corrected chi connectivity index (χ2v) is 23.7. The lowest BCUT2D eigenvalue weighted by Gasteiger charge is -2.25. The largest absolute Gasteiger partial charge is 0.128 e. The Kier molecular flexibility index (Phi) is 9.45. The van der Waals surface area contributed by atoms with Crippen LogP contribution in [0.1, 0.15) is 0 Å². The fourth-order valence-electron chi connectivity index (χ4n) is 4.92. The van der Waals surface area contributed by atoms with Crippen LogP contribution < -0.4 is 0 Å². The molecule has 0 amide bonds. The van der Waals surface area contributed by atoms with Crippen LogP contribution in [0, 0.1) is 0 Å². The molecule has 7 rings (SSSR count). The number of halogens is 6. The zero-order chi connectivity index (χ0) is 29.1. The van der Waals surface area contributed by atoms with E-state index in [1.54, 1.807) is 68.0 Å². The lowest BCUT2D eigenvalue weighted by molar-refractivity contribution is 1.65. The Morgan fingerprint density at radius 3 is 0.476 bits per heavy atom. The topological polar surface area (TPSA) is 0 Å². The van der Waals surface area contributed by atoms with Crippen LogP contribution in [0.4, 0.5) is 0 Å². The van der Waals surface area contributed by atoms with E-state index in [4.69, 9.17) is 0 Å². The molecule has 42 heavy (non-hydrogen) atoms. The number of hydrogen-bond acceptors (Lipinski definition) is 6. The van der Waals surface area contributed by atoms with Crippen molar-refractivity contribution in [2.75, 3.05) is 0 Å². The van der Waals surface area contributed by atoms with E-state index in [0.717, 1.165) is 22.7 Å². The fourth-order valence-corrected chi connectivity index (χ4v) is 13.6. The summed E-state index contributed by atoms with van der Waals surface area (Å²) in [6.45, 7) is 0. The van der Waals surface area contributed by atoms with Crippen LogP contribution in [0.2, 0.25) is 0 Å². The molecule has 6 heterocycles. The summed E-state index contributed by atoms with van der Waals surface area (Å²) in [5, 5.41) is 0. The van der Waals surface area contributed by atoms with Gasteiger partial charge < -0.3 is 0 Å². The van der Waals surface area contributed by atoms with Gasteiger partial charge in [0.05, 0.1) is 22.7 Å². The molecule has 0 N–H and O–H groups in total. The number of thiophene rings is 6. The summed E-state index contributed by atoms with van der Waals surface area (Å²) in [4.78, 5) is 7.38. The van der Waals surface area contributed by atoms with Gasteiger partial charge in [-0.2, -0.15) is 0 Å². The third-order valence-electron chi connectivity index (χ3n) is 6.42. The highest BCUT2D eigenvalue weighted by molar-refractivity contribution is 9.12. The molecule has 0 saturated carbocycles. The van der Waals surface area contributed by atoms with Crippen LogP contribution in [-0.2, 0) is 0 Å². The molecule has 0 bridgehead atoms. The van der Waals surface area contributed by atoms with Crippen molar-refractivity contribution in [1.29, 1.82) is 0 Å². The van der Waals surface area contributed by atoms with Crippen molar-refractivity contribution >= 4 is 164 Å². The van der Waals surface area contributed by atoms with Gasteiger partial charge in [0.1, 0.15) is 0 Å². The van der Waals surface area contributed by atoms with Crippen molar-refractivity contribution < 1.29 is 0 Å². The summed E-state index contributed by atoms with van der Waals surface area (Å²) in [5.41, 5.74) is 7.54. The second-order valence-electron chi connectivity index (χ2n) is 8.87. The average Bonchev–Trinajstić information content (AvgIpc) is 3.78. The van der Waals surface area contributed by atoms with Gasteiger partial charge in [0.25, 0.3) is 0 Å². The quantitative estimate of drug-likeness (QED) is 0.156. The molecule has 1 aromatic carbocycles. The predicted octanol–water partition coefficient (Wildman–Crippen LogP) is 16.6. The molecule has 0 spiro atoms. The SMILES string of the molecule is Brc1ccc(-c2c(-c3ccc(Br)s3)c(-c3ccc(Br)s3)c(-c3ccc(Br)s3)c(-c3ccc(Br)s3)c2-c2ccc(Br)s2)s1. The summed E-state index contributed by atoms with van der Waals surface area (Å²) in [7, 11) is 0.